The molecule has 0 aliphatic heterocycles. The highest BCUT2D eigenvalue weighted by Crippen LogP contribution is 2.32. The molecule has 0 radical (unpaired) electrons. The van der Waals surface area contributed by atoms with Crippen LogP contribution in [-0.4, -0.2) is 7.11 Å². The van der Waals surface area contributed by atoms with Gasteiger partial charge in [0.05, 0.1) is 7.11 Å². The first-order chi connectivity index (χ1) is 6.74. The Morgan fingerprint density at radius 1 is 1.14 bits per heavy atom. The van der Waals surface area contributed by atoms with Crippen LogP contribution in [0.4, 0.5) is 5.69 Å². The lowest BCUT2D eigenvalue weighted by atomic mass is 10.0. The molecule has 0 fully saturated rings. The summed E-state index contributed by atoms with van der Waals surface area (Å²) in [6.07, 6.45) is 0. The van der Waals surface area contributed by atoms with Gasteiger partial charge in [-0.25, -0.2) is 0 Å². The number of benzene rings is 2. The van der Waals surface area contributed by atoms with Crippen molar-refractivity contribution in [3.8, 4) is 5.75 Å². The third-order valence-electron chi connectivity index (χ3n) is 2.47. The third kappa shape index (κ3) is 1.20. The second-order valence-electron chi connectivity index (χ2n) is 3.35. The number of methoxy groups -OCH3 is 1. The maximum Gasteiger partial charge on any atom is 0.128 e. The first kappa shape index (κ1) is 8.88. The second kappa shape index (κ2) is 3.22. The molecule has 2 rings (SSSR count). The fourth-order valence-electron chi connectivity index (χ4n) is 1.72. The minimum absolute atomic E-state index is 0.767. The van der Waals surface area contributed by atoms with Crippen LogP contribution in [-0.2, 0) is 0 Å². The number of fused-ring (bicyclic) bond motifs is 1. The highest BCUT2D eigenvalue weighted by molar-refractivity contribution is 5.99. The highest BCUT2D eigenvalue weighted by Gasteiger charge is 2.05. The van der Waals surface area contributed by atoms with Gasteiger partial charge in [-0.15, -0.1) is 0 Å². The van der Waals surface area contributed by atoms with E-state index in [0.717, 1.165) is 22.2 Å². The van der Waals surface area contributed by atoms with E-state index in [1.54, 1.807) is 7.11 Å². The van der Waals surface area contributed by atoms with E-state index in [1.807, 2.05) is 24.3 Å². The van der Waals surface area contributed by atoms with Crippen molar-refractivity contribution in [2.24, 2.45) is 0 Å². The smallest absolute Gasteiger partial charge is 0.128 e. The van der Waals surface area contributed by atoms with Gasteiger partial charge >= 0.3 is 0 Å². The maximum absolute atomic E-state index is 5.92. The summed E-state index contributed by atoms with van der Waals surface area (Å²) in [5, 5.41) is 2.17. The number of hydrogen-bond donors (Lipinski definition) is 1. The van der Waals surface area contributed by atoms with Gasteiger partial charge in [-0.3, -0.25) is 0 Å². The van der Waals surface area contributed by atoms with Crippen LogP contribution in [0.2, 0.25) is 0 Å². The summed E-state index contributed by atoms with van der Waals surface area (Å²) in [6.45, 7) is 2.07. The molecule has 0 aliphatic carbocycles. The zero-order valence-electron chi connectivity index (χ0n) is 8.37. The molecule has 0 amide bonds. The van der Waals surface area contributed by atoms with Crippen LogP contribution in [0, 0.1) is 6.92 Å². The van der Waals surface area contributed by atoms with Gasteiger partial charge in [-0.1, -0.05) is 18.2 Å². The molecule has 72 valence electrons. The van der Waals surface area contributed by atoms with Crippen LogP contribution in [0.15, 0.2) is 30.3 Å². The Morgan fingerprint density at radius 2 is 1.93 bits per heavy atom. The summed E-state index contributed by atoms with van der Waals surface area (Å²) >= 11 is 0. The first-order valence-corrected chi connectivity index (χ1v) is 4.56. The van der Waals surface area contributed by atoms with Crippen LogP contribution in [0.1, 0.15) is 5.56 Å². The van der Waals surface area contributed by atoms with Crippen LogP contribution >= 0.6 is 0 Å². The van der Waals surface area contributed by atoms with Crippen LogP contribution in [0.5, 0.6) is 5.75 Å². The molecule has 2 aromatic rings. The topological polar surface area (TPSA) is 35.2 Å². The minimum atomic E-state index is 0.767. The average Bonchev–Trinajstić information content (AvgIpc) is 2.23. The summed E-state index contributed by atoms with van der Waals surface area (Å²) < 4.78 is 5.28. The van der Waals surface area contributed by atoms with Crippen molar-refractivity contribution in [3.05, 3.63) is 35.9 Å². The summed E-state index contributed by atoms with van der Waals surface area (Å²) in [5.74, 6) is 0.837. The van der Waals surface area contributed by atoms with Crippen molar-refractivity contribution in [2.45, 2.75) is 6.92 Å². The molecule has 2 heteroatoms. The van der Waals surface area contributed by atoms with E-state index in [-0.39, 0.29) is 0 Å². The average molecular weight is 187 g/mol. The maximum atomic E-state index is 5.92. The second-order valence-corrected chi connectivity index (χ2v) is 3.35. The van der Waals surface area contributed by atoms with Crippen molar-refractivity contribution in [1.82, 2.24) is 0 Å². The Labute approximate surface area is 83.3 Å². The predicted molar refractivity (Wildman–Crippen MR) is 59.6 cm³/mol. The van der Waals surface area contributed by atoms with E-state index < -0.39 is 0 Å². The molecule has 0 saturated heterocycles. The number of nitrogens with two attached hydrogens (primary N) is 1. The van der Waals surface area contributed by atoms with Gasteiger partial charge in [0.15, 0.2) is 0 Å². The summed E-state index contributed by atoms with van der Waals surface area (Å²) in [4.78, 5) is 0. The van der Waals surface area contributed by atoms with E-state index >= 15 is 0 Å². The fraction of sp³-hybridized carbons (Fsp3) is 0.167. The molecule has 0 atom stereocenters. The molecular formula is C12H13NO. The number of rotatable bonds is 1. The molecule has 2 aromatic carbocycles. The van der Waals surface area contributed by atoms with Gasteiger partial charge in [0.25, 0.3) is 0 Å². The van der Waals surface area contributed by atoms with Gasteiger partial charge in [0, 0.05) is 11.1 Å². The largest absolute Gasteiger partial charge is 0.496 e. The standard InChI is InChI=1S/C12H13NO/c1-8-6-7-10(13)12-9(8)4-3-5-11(12)14-2/h3-7H,13H2,1-2H3. The molecule has 0 heterocycles. The summed E-state index contributed by atoms with van der Waals surface area (Å²) in [7, 11) is 1.66. The van der Waals surface area contributed by atoms with E-state index in [0.29, 0.717) is 0 Å². The van der Waals surface area contributed by atoms with Crippen molar-refractivity contribution in [1.29, 1.82) is 0 Å². The van der Waals surface area contributed by atoms with Crippen LogP contribution in [0.25, 0.3) is 10.8 Å². The molecule has 0 aliphatic rings. The molecular weight excluding hydrogens is 174 g/mol. The lowest BCUT2D eigenvalue weighted by Crippen LogP contribution is -1.92. The zero-order valence-corrected chi connectivity index (χ0v) is 8.37. The van der Waals surface area contributed by atoms with Crippen molar-refractivity contribution >= 4 is 16.5 Å². The van der Waals surface area contributed by atoms with E-state index in [4.69, 9.17) is 10.5 Å². The summed E-state index contributed by atoms with van der Waals surface area (Å²) in [6, 6.07) is 9.91. The number of nitrogen functional groups attached to an aromatic ring is 1. The predicted octanol–water partition coefficient (Wildman–Crippen LogP) is 2.74. The molecule has 0 unspecified atom stereocenters. The van der Waals surface area contributed by atoms with Crippen LogP contribution in [0.3, 0.4) is 0 Å². The molecule has 0 spiro atoms. The Hall–Kier alpha value is -1.70. The van der Waals surface area contributed by atoms with Gasteiger partial charge in [0.2, 0.25) is 0 Å². The number of anilines is 1. The molecule has 0 aromatic heterocycles. The Balaban J connectivity index is 2.92. The number of aryl methyl sites for hydroxylation is 1. The minimum Gasteiger partial charge on any atom is -0.496 e. The number of ether oxygens (including phenoxy) is 1. The first-order valence-electron chi connectivity index (χ1n) is 4.56. The van der Waals surface area contributed by atoms with Crippen molar-refractivity contribution in [3.63, 3.8) is 0 Å². The van der Waals surface area contributed by atoms with Gasteiger partial charge in [0.1, 0.15) is 5.75 Å². The highest BCUT2D eigenvalue weighted by atomic mass is 16.5. The Kier molecular flexibility index (Phi) is 2.04. The van der Waals surface area contributed by atoms with Crippen molar-refractivity contribution < 1.29 is 4.74 Å². The van der Waals surface area contributed by atoms with E-state index in [9.17, 15) is 0 Å². The van der Waals surface area contributed by atoms with Gasteiger partial charge in [-0.05, 0) is 30.0 Å². The van der Waals surface area contributed by atoms with E-state index in [2.05, 4.69) is 13.0 Å². The molecule has 0 bridgehead atoms. The number of hydrogen-bond acceptors (Lipinski definition) is 2. The lowest BCUT2D eigenvalue weighted by Gasteiger charge is -2.09. The van der Waals surface area contributed by atoms with Crippen LogP contribution < -0.4 is 10.5 Å². The normalized spacial score (nSPS) is 10.4. The molecule has 0 saturated carbocycles. The van der Waals surface area contributed by atoms with Gasteiger partial charge in [-0.2, -0.15) is 0 Å². The zero-order chi connectivity index (χ0) is 10.1. The quantitative estimate of drug-likeness (QED) is 0.697. The molecule has 2 nitrogen and oxygen atoms in total. The SMILES string of the molecule is COc1cccc2c(C)ccc(N)c12. The third-order valence-corrected chi connectivity index (χ3v) is 2.47. The molecule has 2 N–H and O–H groups in total. The monoisotopic (exact) mass is 187 g/mol. The fourth-order valence-corrected chi connectivity index (χ4v) is 1.72. The summed E-state index contributed by atoms with van der Waals surface area (Å²) in [5.41, 5.74) is 7.90. The van der Waals surface area contributed by atoms with Crippen molar-refractivity contribution in [2.75, 3.05) is 12.8 Å². The van der Waals surface area contributed by atoms with Gasteiger partial charge < -0.3 is 10.5 Å². The van der Waals surface area contributed by atoms with E-state index in [1.165, 1.54) is 5.56 Å². The Bertz CT molecular complexity index is 477. The lowest BCUT2D eigenvalue weighted by molar-refractivity contribution is 0.420. The molecule has 14 heavy (non-hydrogen) atoms. The Morgan fingerprint density at radius 3 is 2.64 bits per heavy atom.